The molecule has 3 rings (SSSR count). The first-order valence-corrected chi connectivity index (χ1v) is 12.2. The highest BCUT2D eigenvalue weighted by molar-refractivity contribution is 7.89. The summed E-state index contributed by atoms with van der Waals surface area (Å²) in [5.74, 6) is -0.249. The number of halogens is 1. The summed E-state index contributed by atoms with van der Waals surface area (Å²) < 4.78 is 29.2. The predicted molar refractivity (Wildman–Crippen MR) is 130 cm³/mol. The molecule has 3 aromatic carbocycles. The molecule has 6 heteroatoms. The van der Waals surface area contributed by atoms with Crippen LogP contribution in [0, 0.1) is 13.8 Å². The molecule has 32 heavy (non-hydrogen) atoms. The van der Waals surface area contributed by atoms with Gasteiger partial charge in [-0.3, -0.25) is 4.79 Å². The normalized spacial score (nSPS) is 13.1. The largest absolute Gasteiger partial charge is 0.289 e. The van der Waals surface area contributed by atoms with Crippen LogP contribution in [0.1, 0.15) is 46.4 Å². The number of sulfonamides is 1. The number of Topliss-reactive ketones (excluding diaryl/α,β-unsaturated/α-hetero) is 1. The van der Waals surface area contributed by atoms with Gasteiger partial charge in [-0.2, -0.15) is 4.72 Å². The number of hydrogen-bond acceptors (Lipinski definition) is 3. The molecule has 0 spiro atoms. The summed E-state index contributed by atoms with van der Waals surface area (Å²) in [6, 6.07) is 19.9. The summed E-state index contributed by atoms with van der Waals surface area (Å²) >= 11 is 5.98. The second-order valence-corrected chi connectivity index (χ2v) is 9.83. The summed E-state index contributed by atoms with van der Waals surface area (Å²) in [4.78, 5) is 13.6. The first kappa shape index (κ1) is 23.9. The van der Waals surface area contributed by atoms with Crippen molar-refractivity contribution < 1.29 is 13.2 Å². The summed E-state index contributed by atoms with van der Waals surface area (Å²) in [7, 11) is -3.88. The molecule has 1 N–H and O–H groups in total. The van der Waals surface area contributed by atoms with Crippen molar-refractivity contribution in [1.82, 2.24) is 4.72 Å². The monoisotopic (exact) mass is 467 g/mol. The smallest absolute Gasteiger partial charge is 0.241 e. The van der Waals surface area contributed by atoms with Gasteiger partial charge in [0.05, 0.1) is 10.9 Å². The maximum absolute atomic E-state index is 13.4. The van der Waals surface area contributed by atoms with E-state index >= 15 is 0 Å². The Kier molecular flexibility index (Phi) is 7.67. The highest BCUT2D eigenvalue weighted by Crippen LogP contribution is 2.28. The lowest BCUT2D eigenvalue weighted by molar-refractivity contribution is 0.102. The fourth-order valence-corrected chi connectivity index (χ4v) is 4.67. The number of rotatable bonds is 8. The molecule has 0 fully saturated rings. The van der Waals surface area contributed by atoms with Crippen molar-refractivity contribution in [1.29, 1.82) is 0 Å². The molecular weight excluding hydrogens is 442 g/mol. The summed E-state index contributed by atoms with van der Waals surface area (Å²) in [5, 5.41) is 0.526. The van der Waals surface area contributed by atoms with Gasteiger partial charge in [0.2, 0.25) is 10.0 Å². The van der Waals surface area contributed by atoms with Crippen molar-refractivity contribution >= 4 is 27.4 Å². The van der Waals surface area contributed by atoms with Crippen LogP contribution in [-0.4, -0.2) is 14.2 Å². The second-order valence-electron chi connectivity index (χ2n) is 7.68. The molecule has 1 unspecified atom stereocenters. The van der Waals surface area contributed by atoms with Crippen LogP contribution in [0.3, 0.4) is 0 Å². The number of hydrogen-bond donors (Lipinski definition) is 1. The van der Waals surface area contributed by atoms with E-state index in [9.17, 15) is 13.2 Å². The number of ketones is 1. The van der Waals surface area contributed by atoms with Crippen molar-refractivity contribution in [3.8, 4) is 0 Å². The van der Waals surface area contributed by atoms with E-state index in [0.29, 0.717) is 28.1 Å². The van der Waals surface area contributed by atoms with Crippen LogP contribution in [0.2, 0.25) is 5.02 Å². The van der Waals surface area contributed by atoms with Crippen LogP contribution < -0.4 is 4.72 Å². The predicted octanol–water partition coefficient (Wildman–Crippen LogP) is 6.20. The van der Waals surface area contributed by atoms with Crippen molar-refractivity contribution in [2.45, 2.75) is 38.1 Å². The van der Waals surface area contributed by atoms with Crippen LogP contribution in [-0.2, 0) is 10.0 Å². The van der Waals surface area contributed by atoms with E-state index < -0.39 is 16.1 Å². The maximum Gasteiger partial charge on any atom is 0.241 e. The van der Waals surface area contributed by atoms with Crippen LogP contribution in [0.5, 0.6) is 0 Å². The van der Waals surface area contributed by atoms with Crippen LogP contribution >= 0.6 is 11.6 Å². The third-order valence-electron chi connectivity index (χ3n) is 5.12. The molecule has 0 aromatic heterocycles. The SMILES string of the molecule is CC/C=C(\C(=O)c1ccc(Cl)cc1)C(NS(=O)(=O)c1ccc(C)cc1)c1ccc(C)cc1. The van der Waals surface area contributed by atoms with Gasteiger partial charge in [-0.1, -0.05) is 72.1 Å². The Morgan fingerprint density at radius 2 is 1.44 bits per heavy atom. The van der Waals surface area contributed by atoms with Crippen LogP contribution in [0.25, 0.3) is 0 Å². The third kappa shape index (κ3) is 5.74. The molecule has 0 aliphatic carbocycles. The Balaban J connectivity index is 2.08. The van der Waals surface area contributed by atoms with Gasteiger partial charge in [-0.15, -0.1) is 0 Å². The zero-order valence-corrected chi connectivity index (χ0v) is 19.9. The Hall–Kier alpha value is -2.73. The lowest BCUT2D eigenvalue weighted by Gasteiger charge is -2.22. The molecule has 0 heterocycles. The van der Waals surface area contributed by atoms with E-state index in [1.807, 2.05) is 45.0 Å². The Bertz CT molecular complexity index is 1210. The first-order valence-electron chi connectivity index (χ1n) is 10.4. The summed E-state index contributed by atoms with van der Waals surface area (Å²) in [5.41, 5.74) is 3.51. The van der Waals surface area contributed by atoms with Gasteiger partial charge in [0, 0.05) is 16.2 Å². The fraction of sp³-hybridized carbons (Fsp3) is 0.192. The van der Waals surface area contributed by atoms with E-state index in [2.05, 4.69) is 4.72 Å². The lowest BCUT2D eigenvalue weighted by Crippen LogP contribution is -2.32. The number of carbonyl (C=O) groups excluding carboxylic acids is 1. The number of nitrogens with one attached hydrogen (secondary N) is 1. The topological polar surface area (TPSA) is 63.2 Å². The van der Waals surface area contributed by atoms with Gasteiger partial charge in [0.25, 0.3) is 0 Å². The van der Waals surface area contributed by atoms with E-state index in [0.717, 1.165) is 11.1 Å². The fourth-order valence-electron chi connectivity index (χ4n) is 3.34. The molecule has 0 saturated carbocycles. The standard InChI is InChI=1S/C26H26ClNO3S/c1-4-5-24(26(29)21-12-14-22(27)15-13-21)25(20-10-6-18(2)7-11-20)28-32(30,31)23-16-8-19(3)9-17-23/h5-17,25,28H,4H2,1-3H3/b24-5-. The maximum atomic E-state index is 13.4. The van der Waals surface area contributed by atoms with E-state index in [-0.39, 0.29) is 10.7 Å². The highest BCUT2D eigenvalue weighted by atomic mass is 35.5. The molecule has 1 atom stereocenters. The summed E-state index contributed by atoms with van der Waals surface area (Å²) in [6.07, 6.45) is 2.35. The minimum atomic E-state index is -3.88. The van der Waals surface area contributed by atoms with Gasteiger partial charge in [0.1, 0.15) is 0 Å². The first-order chi connectivity index (χ1) is 15.2. The van der Waals surface area contributed by atoms with E-state index in [4.69, 9.17) is 11.6 Å². The number of aryl methyl sites for hydroxylation is 2. The molecule has 0 saturated heterocycles. The van der Waals surface area contributed by atoms with Gasteiger partial charge in [-0.05, 0) is 62.2 Å². The second kappa shape index (κ2) is 10.3. The van der Waals surface area contributed by atoms with Gasteiger partial charge in [-0.25, -0.2) is 8.42 Å². The Morgan fingerprint density at radius 3 is 1.97 bits per heavy atom. The highest BCUT2D eigenvalue weighted by Gasteiger charge is 2.28. The van der Waals surface area contributed by atoms with Crippen molar-refractivity contribution in [2.75, 3.05) is 0 Å². The number of carbonyl (C=O) groups is 1. The molecule has 0 bridgehead atoms. The van der Waals surface area contributed by atoms with E-state index in [1.54, 1.807) is 54.6 Å². The molecule has 0 radical (unpaired) electrons. The quantitative estimate of drug-likeness (QED) is 0.317. The molecule has 0 amide bonds. The number of allylic oxidation sites excluding steroid dienone is 1. The van der Waals surface area contributed by atoms with Crippen molar-refractivity contribution in [3.63, 3.8) is 0 Å². The van der Waals surface area contributed by atoms with E-state index in [1.165, 1.54) is 0 Å². The number of benzene rings is 3. The molecule has 3 aromatic rings. The zero-order valence-electron chi connectivity index (χ0n) is 18.3. The lowest BCUT2D eigenvalue weighted by atomic mass is 9.91. The molecule has 0 aliphatic heterocycles. The van der Waals surface area contributed by atoms with Gasteiger partial charge in [0.15, 0.2) is 5.78 Å². The average molecular weight is 468 g/mol. The Morgan fingerprint density at radius 1 is 0.906 bits per heavy atom. The molecule has 4 nitrogen and oxygen atoms in total. The Labute approximate surface area is 195 Å². The molecule has 166 valence electrons. The zero-order chi connectivity index (χ0) is 23.3. The van der Waals surface area contributed by atoms with Crippen LogP contribution in [0.15, 0.2) is 89.3 Å². The minimum absolute atomic E-state index is 0.148. The van der Waals surface area contributed by atoms with Crippen LogP contribution in [0.4, 0.5) is 0 Å². The molecular formula is C26H26ClNO3S. The van der Waals surface area contributed by atoms with Crippen molar-refractivity contribution in [2.24, 2.45) is 0 Å². The summed E-state index contributed by atoms with van der Waals surface area (Å²) in [6.45, 7) is 5.76. The van der Waals surface area contributed by atoms with Gasteiger partial charge >= 0.3 is 0 Å². The van der Waals surface area contributed by atoms with Gasteiger partial charge < -0.3 is 0 Å². The molecule has 0 aliphatic rings. The average Bonchev–Trinajstić information content (AvgIpc) is 2.77. The minimum Gasteiger partial charge on any atom is -0.289 e. The van der Waals surface area contributed by atoms with Crippen molar-refractivity contribution in [3.05, 3.63) is 112 Å². The third-order valence-corrected chi connectivity index (χ3v) is 6.81.